The minimum Gasteiger partial charge on any atom is -0.507 e. The number of anilines is 1. The van der Waals surface area contributed by atoms with Gasteiger partial charge in [0.1, 0.15) is 10.6 Å². The van der Waals surface area contributed by atoms with E-state index in [0.29, 0.717) is 47.5 Å². The number of rotatable bonds is 11. The van der Waals surface area contributed by atoms with Crippen molar-refractivity contribution in [3.63, 3.8) is 0 Å². The molecule has 1 saturated heterocycles. The summed E-state index contributed by atoms with van der Waals surface area (Å²) < 4.78 is 17.0. The summed E-state index contributed by atoms with van der Waals surface area (Å²) in [5, 5.41) is 11.5. The molecule has 1 atom stereocenters. The average Bonchev–Trinajstić information content (AvgIpc) is 3.46. The number of aryl methyl sites for hydroxylation is 1. The molecule has 0 bridgehead atoms. The molecular formula is C31H34N2O7S. The third-order valence-electron chi connectivity index (χ3n) is 6.48. The Kier molecular flexibility index (Phi) is 9.44. The van der Waals surface area contributed by atoms with Crippen LogP contribution in [0.25, 0.3) is 5.76 Å². The Labute approximate surface area is 243 Å². The Hall–Kier alpha value is -4.18. The molecule has 1 N–H and O–H groups in total. The number of aliphatic hydroxyl groups excluding tert-OH is 1. The van der Waals surface area contributed by atoms with Gasteiger partial charge in [-0.1, -0.05) is 61.6 Å². The SMILES string of the molecule is CCOC(=O)c1sc(N2C(=O)C(=O)/C(=C(/O)c3ccccc3)C2c2ccc(OCCC(C)C)c(OCC)c2)nc1C. The molecule has 1 aromatic heterocycles. The number of carbonyl (C=O) groups excluding carboxylic acids is 3. The molecule has 0 spiro atoms. The fraction of sp³-hybridized carbons (Fsp3) is 0.355. The summed E-state index contributed by atoms with van der Waals surface area (Å²) in [6.07, 6.45) is 0.858. The van der Waals surface area contributed by atoms with Crippen molar-refractivity contribution < 1.29 is 33.7 Å². The molecule has 1 aliphatic heterocycles. The second kappa shape index (κ2) is 13.0. The van der Waals surface area contributed by atoms with Gasteiger partial charge in [-0.05, 0) is 50.8 Å². The maximum atomic E-state index is 13.6. The predicted molar refractivity (Wildman–Crippen MR) is 157 cm³/mol. The lowest BCUT2D eigenvalue weighted by molar-refractivity contribution is -0.132. The Morgan fingerprint density at radius 3 is 2.44 bits per heavy atom. The van der Waals surface area contributed by atoms with Gasteiger partial charge in [-0.25, -0.2) is 9.78 Å². The number of ketones is 1. The van der Waals surface area contributed by atoms with Crippen molar-refractivity contribution in [3.8, 4) is 11.5 Å². The summed E-state index contributed by atoms with van der Waals surface area (Å²) in [5.41, 5.74) is 1.17. The van der Waals surface area contributed by atoms with Gasteiger partial charge < -0.3 is 19.3 Å². The number of hydrogen-bond donors (Lipinski definition) is 1. The second-order valence-corrected chi connectivity index (χ2v) is 10.8. The Morgan fingerprint density at radius 2 is 1.78 bits per heavy atom. The number of hydrogen-bond acceptors (Lipinski definition) is 9. The van der Waals surface area contributed by atoms with Crippen LogP contribution in [0.2, 0.25) is 0 Å². The molecule has 216 valence electrons. The summed E-state index contributed by atoms with van der Waals surface area (Å²) in [6.45, 7) is 10.4. The van der Waals surface area contributed by atoms with Crippen LogP contribution in [-0.2, 0) is 14.3 Å². The topological polar surface area (TPSA) is 115 Å². The van der Waals surface area contributed by atoms with E-state index in [1.807, 2.05) is 6.92 Å². The minimum absolute atomic E-state index is 0.0948. The van der Waals surface area contributed by atoms with Crippen LogP contribution < -0.4 is 14.4 Å². The highest BCUT2D eigenvalue weighted by atomic mass is 32.1. The van der Waals surface area contributed by atoms with Gasteiger partial charge in [-0.2, -0.15) is 0 Å². The predicted octanol–water partition coefficient (Wildman–Crippen LogP) is 6.08. The number of Topliss-reactive ketones (excluding diaryl/α,β-unsaturated/α-hetero) is 1. The smallest absolute Gasteiger partial charge is 0.350 e. The molecule has 41 heavy (non-hydrogen) atoms. The molecule has 4 rings (SSSR count). The first-order valence-electron chi connectivity index (χ1n) is 13.6. The van der Waals surface area contributed by atoms with Gasteiger partial charge in [0, 0.05) is 5.56 Å². The van der Waals surface area contributed by atoms with E-state index in [0.717, 1.165) is 17.8 Å². The molecule has 0 saturated carbocycles. The monoisotopic (exact) mass is 578 g/mol. The lowest BCUT2D eigenvalue weighted by Crippen LogP contribution is -2.29. The molecule has 2 heterocycles. The van der Waals surface area contributed by atoms with Gasteiger partial charge in [0.25, 0.3) is 5.78 Å². The number of aromatic nitrogens is 1. The number of carbonyl (C=O) groups is 3. The van der Waals surface area contributed by atoms with Crippen LogP contribution in [0.4, 0.5) is 5.13 Å². The molecule has 0 radical (unpaired) electrons. The molecule has 1 fully saturated rings. The van der Waals surface area contributed by atoms with E-state index in [-0.39, 0.29) is 27.9 Å². The van der Waals surface area contributed by atoms with E-state index in [1.54, 1.807) is 62.4 Å². The van der Waals surface area contributed by atoms with Gasteiger partial charge in [-0.3, -0.25) is 14.5 Å². The standard InChI is InChI=1S/C31H34N2O7S/c1-6-38-23-17-21(13-14-22(23)40-16-15-18(3)4)25-24(26(34)20-11-9-8-10-12-20)27(35)29(36)33(25)31-32-19(5)28(41-31)30(37)39-7-2/h8-14,17-18,25,34H,6-7,15-16H2,1-5H3/b26-24+. The van der Waals surface area contributed by atoms with Crippen molar-refractivity contribution in [2.45, 2.75) is 47.1 Å². The van der Waals surface area contributed by atoms with Gasteiger partial charge in [0.15, 0.2) is 16.6 Å². The zero-order chi connectivity index (χ0) is 29.7. The van der Waals surface area contributed by atoms with Gasteiger partial charge in [-0.15, -0.1) is 0 Å². The quantitative estimate of drug-likeness (QED) is 0.126. The average molecular weight is 579 g/mol. The number of esters is 1. The molecule has 0 aliphatic carbocycles. The summed E-state index contributed by atoms with van der Waals surface area (Å²) in [6, 6.07) is 12.7. The maximum Gasteiger partial charge on any atom is 0.350 e. The van der Waals surface area contributed by atoms with Gasteiger partial charge >= 0.3 is 11.9 Å². The summed E-state index contributed by atoms with van der Waals surface area (Å²) in [5.74, 6) is -1.17. The van der Waals surface area contributed by atoms with E-state index in [2.05, 4.69) is 18.8 Å². The zero-order valence-corrected chi connectivity index (χ0v) is 24.6. The van der Waals surface area contributed by atoms with E-state index >= 15 is 0 Å². The number of nitrogens with zero attached hydrogens (tertiary/aromatic N) is 2. The number of amides is 1. The van der Waals surface area contributed by atoms with Crippen LogP contribution in [0.15, 0.2) is 54.1 Å². The lowest BCUT2D eigenvalue weighted by Gasteiger charge is -2.24. The highest BCUT2D eigenvalue weighted by Gasteiger charge is 2.48. The molecule has 1 unspecified atom stereocenters. The van der Waals surface area contributed by atoms with Gasteiger partial charge in [0.2, 0.25) is 0 Å². The van der Waals surface area contributed by atoms with Crippen molar-refractivity contribution in [2.24, 2.45) is 5.92 Å². The van der Waals surface area contributed by atoms with E-state index in [4.69, 9.17) is 14.2 Å². The Bertz CT molecular complexity index is 1460. The first-order chi connectivity index (χ1) is 19.7. The normalized spacial score (nSPS) is 16.3. The molecule has 3 aromatic rings. The molecular weight excluding hydrogens is 544 g/mol. The molecule has 10 heteroatoms. The summed E-state index contributed by atoms with van der Waals surface area (Å²) >= 11 is 0.957. The van der Waals surface area contributed by atoms with Crippen LogP contribution in [0.1, 0.15) is 66.7 Å². The maximum absolute atomic E-state index is 13.6. The van der Waals surface area contributed by atoms with E-state index in [9.17, 15) is 19.5 Å². The first-order valence-corrected chi connectivity index (χ1v) is 14.4. The Morgan fingerprint density at radius 1 is 1.05 bits per heavy atom. The number of ether oxygens (including phenoxy) is 3. The highest BCUT2D eigenvalue weighted by molar-refractivity contribution is 7.17. The van der Waals surface area contributed by atoms with E-state index in [1.165, 1.54) is 4.90 Å². The van der Waals surface area contributed by atoms with Crippen LogP contribution >= 0.6 is 11.3 Å². The van der Waals surface area contributed by atoms with Crippen LogP contribution in [0.5, 0.6) is 11.5 Å². The number of aliphatic hydroxyl groups is 1. The molecule has 2 aromatic carbocycles. The largest absolute Gasteiger partial charge is 0.507 e. The fourth-order valence-corrected chi connectivity index (χ4v) is 5.44. The van der Waals surface area contributed by atoms with Crippen molar-refractivity contribution in [2.75, 3.05) is 24.7 Å². The van der Waals surface area contributed by atoms with Crippen molar-refractivity contribution in [1.82, 2.24) is 4.98 Å². The Balaban J connectivity index is 1.88. The van der Waals surface area contributed by atoms with Crippen LogP contribution in [0.3, 0.4) is 0 Å². The fourth-order valence-electron chi connectivity index (χ4n) is 4.45. The zero-order valence-electron chi connectivity index (χ0n) is 23.8. The third kappa shape index (κ3) is 6.27. The summed E-state index contributed by atoms with van der Waals surface area (Å²) in [4.78, 5) is 45.5. The minimum atomic E-state index is -1.04. The number of benzene rings is 2. The molecule has 1 aliphatic rings. The first kappa shape index (κ1) is 29.8. The van der Waals surface area contributed by atoms with Crippen LogP contribution in [0, 0.1) is 12.8 Å². The molecule has 1 amide bonds. The van der Waals surface area contributed by atoms with Gasteiger partial charge in [0.05, 0.1) is 37.1 Å². The van der Waals surface area contributed by atoms with Crippen molar-refractivity contribution in [3.05, 3.63) is 75.8 Å². The van der Waals surface area contributed by atoms with Crippen molar-refractivity contribution >= 4 is 39.9 Å². The van der Waals surface area contributed by atoms with E-state index < -0.39 is 23.7 Å². The summed E-state index contributed by atoms with van der Waals surface area (Å²) in [7, 11) is 0. The highest BCUT2D eigenvalue weighted by Crippen LogP contribution is 2.45. The van der Waals surface area contributed by atoms with Crippen LogP contribution in [-0.4, -0.2) is 47.6 Å². The second-order valence-electron chi connectivity index (χ2n) is 9.84. The van der Waals surface area contributed by atoms with Crippen molar-refractivity contribution in [1.29, 1.82) is 0 Å². The third-order valence-corrected chi connectivity index (χ3v) is 7.62. The molecule has 9 nitrogen and oxygen atoms in total. The lowest BCUT2D eigenvalue weighted by atomic mass is 9.95. The number of thiazole rings is 1.